The molecule has 1 amide bonds. The van der Waals surface area contributed by atoms with Crippen LogP contribution in [-0.4, -0.2) is 23.6 Å². The second-order valence-corrected chi connectivity index (χ2v) is 6.05. The molecule has 4 nitrogen and oxygen atoms in total. The minimum absolute atomic E-state index is 0.0140. The molecule has 0 bridgehead atoms. The molecular weight excluding hydrogens is 312 g/mol. The van der Waals surface area contributed by atoms with E-state index in [2.05, 4.69) is 5.32 Å². The molecule has 5 heteroatoms. The number of carbonyl (C=O) groups excluding carboxylic acids is 1. The fraction of sp³-hybridized carbons (Fsp3) is 0.278. The first kappa shape index (κ1) is 15.8. The SMILES string of the molecule is O=C1C(Nc2cccc(CO)c2)CCCN1c1ccccc1Cl. The van der Waals surface area contributed by atoms with Crippen LogP contribution in [-0.2, 0) is 11.4 Å². The fourth-order valence-corrected chi connectivity index (χ4v) is 3.12. The van der Waals surface area contributed by atoms with Crippen molar-refractivity contribution in [3.63, 3.8) is 0 Å². The molecule has 1 unspecified atom stereocenters. The summed E-state index contributed by atoms with van der Waals surface area (Å²) < 4.78 is 0. The number of para-hydroxylation sites is 1. The van der Waals surface area contributed by atoms with Gasteiger partial charge >= 0.3 is 0 Å². The van der Waals surface area contributed by atoms with Crippen molar-refractivity contribution in [2.45, 2.75) is 25.5 Å². The summed E-state index contributed by atoms with van der Waals surface area (Å²) >= 11 is 6.23. The number of halogens is 1. The molecule has 2 aromatic rings. The Morgan fingerprint density at radius 3 is 2.83 bits per heavy atom. The molecule has 0 aromatic heterocycles. The van der Waals surface area contributed by atoms with Crippen LogP contribution in [0.2, 0.25) is 5.02 Å². The summed E-state index contributed by atoms with van der Waals surface area (Å²) in [6.07, 6.45) is 1.69. The number of nitrogens with one attached hydrogen (secondary N) is 1. The van der Waals surface area contributed by atoms with Gasteiger partial charge in [0, 0.05) is 12.2 Å². The Balaban J connectivity index is 1.78. The van der Waals surface area contributed by atoms with Crippen molar-refractivity contribution in [1.82, 2.24) is 0 Å². The second kappa shape index (κ2) is 7.02. The van der Waals surface area contributed by atoms with Crippen LogP contribution in [0.3, 0.4) is 0 Å². The monoisotopic (exact) mass is 330 g/mol. The molecule has 2 N–H and O–H groups in total. The van der Waals surface area contributed by atoms with Gasteiger partial charge in [-0.3, -0.25) is 4.79 Å². The summed E-state index contributed by atoms with van der Waals surface area (Å²) in [5, 5.41) is 13.1. The lowest BCUT2D eigenvalue weighted by Crippen LogP contribution is -2.47. The van der Waals surface area contributed by atoms with Gasteiger partial charge in [0.05, 0.1) is 17.3 Å². The third kappa shape index (κ3) is 3.49. The van der Waals surface area contributed by atoms with Crippen molar-refractivity contribution >= 4 is 28.9 Å². The molecule has 1 fully saturated rings. The smallest absolute Gasteiger partial charge is 0.249 e. The number of rotatable bonds is 4. The van der Waals surface area contributed by atoms with E-state index in [0.717, 1.165) is 29.8 Å². The maximum Gasteiger partial charge on any atom is 0.249 e. The molecule has 1 aliphatic rings. The molecule has 3 rings (SSSR count). The third-order valence-electron chi connectivity index (χ3n) is 4.03. The van der Waals surface area contributed by atoms with E-state index >= 15 is 0 Å². The largest absolute Gasteiger partial charge is 0.392 e. The van der Waals surface area contributed by atoms with Gasteiger partial charge < -0.3 is 15.3 Å². The lowest BCUT2D eigenvalue weighted by atomic mass is 10.0. The van der Waals surface area contributed by atoms with Gasteiger partial charge in [-0.15, -0.1) is 0 Å². The number of amides is 1. The van der Waals surface area contributed by atoms with E-state index in [9.17, 15) is 9.90 Å². The maximum atomic E-state index is 12.8. The summed E-state index contributed by atoms with van der Waals surface area (Å²) in [6.45, 7) is 0.664. The summed E-state index contributed by atoms with van der Waals surface area (Å²) in [5.41, 5.74) is 2.42. The molecule has 2 aromatic carbocycles. The number of aliphatic hydroxyl groups is 1. The normalized spacial score (nSPS) is 18.1. The van der Waals surface area contributed by atoms with E-state index in [-0.39, 0.29) is 18.6 Å². The number of piperidine rings is 1. The molecule has 120 valence electrons. The standard InChI is InChI=1S/C18H19ClN2O2/c19-15-7-1-2-9-17(15)21-10-4-8-16(18(21)23)20-14-6-3-5-13(11-14)12-22/h1-3,5-7,9,11,16,20,22H,4,8,10,12H2. The summed E-state index contributed by atoms with van der Waals surface area (Å²) in [5.74, 6) is 0.0266. The maximum absolute atomic E-state index is 12.8. The molecule has 0 radical (unpaired) electrons. The first-order chi connectivity index (χ1) is 11.2. The summed E-state index contributed by atoms with van der Waals surface area (Å²) in [6, 6.07) is 14.6. The Morgan fingerprint density at radius 2 is 2.04 bits per heavy atom. The molecule has 1 heterocycles. The van der Waals surface area contributed by atoms with E-state index in [1.165, 1.54) is 0 Å². The van der Waals surface area contributed by atoms with E-state index in [1.807, 2.05) is 42.5 Å². The van der Waals surface area contributed by atoms with Crippen LogP contribution in [0, 0.1) is 0 Å². The number of benzene rings is 2. The number of anilines is 2. The number of aliphatic hydroxyl groups excluding tert-OH is 1. The lowest BCUT2D eigenvalue weighted by molar-refractivity contribution is -0.120. The van der Waals surface area contributed by atoms with Crippen molar-refractivity contribution in [1.29, 1.82) is 0 Å². The molecule has 23 heavy (non-hydrogen) atoms. The van der Waals surface area contributed by atoms with Crippen LogP contribution in [0.15, 0.2) is 48.5 Å². The Hall–Kier alpha value is -2.04. The van der Waals surface area contributed by atoms with Gasteiger partial charge in [0.2, 0.25) is 5.91 Å². The van der Waals surface area contributed by atoms with Gasteiger partial charge in [0.15, 0.2) is 0 Å². The van der Waals surface area contributed by atoms with Crippen LogP contribution in [0.25, 0.3) is 0 Å². The topological polar surface area (TPSA) is 52.6 Å². The minimum atomic E-state index is -0.283. The highest BCUT2D eigenvalue weighted by Gasteiger charge is 2.30. The number of carbonyl (C=O) groups is 1. The Bertz CT molecular complexity index is 705. The molecule has 0 saturated carbocycles. The Labute approximate surface area is 140 Å². The molecule has 0 spiro atoms. The van der Waals surface area contributed by atoms with Gasteiger partial charge in [0.25, 0.3) is 0 Å². The quantitative estimate of drug-likeness (QED) is 0.903. The highest BCUT2D eigenvalue weighted by Crippen LogP contribution is 2.29. The molecular formula is C18H19ClN2O2. The van der Waals surface area contributed by atoms with Crippen molar-refractivity contribution in [3.05, 3.63) is 59.1 Å². The molecule has 0 aliphatic carbocycles. The van der Waals surface area contributed by atoms with Gasteiger partial charge in [-0.05, 0) is 42.7 Å². The summed E-state index contributed by atoms with van der Waals surface area (Å²) in [4.78, 5) is 14.5. The first-order valence-corrected chi connectivity index (χ1v) is 8.09. The average Bonchev–Trinajstić information content (AvgIpc) is 2.58. The van der Waals surface area contributed by atoms with Crippen LogP contribution < -0.4 is 10.2 Å². The zero-order valence-corrected chi connectivity index (χ0v) is 13.5. The highest BCUT2D eigenvalue weighted by atomic mass is 35.5. The predicted octanol–water partition coefficient (Wildman–Crippen LogP) is 3.44. The van der Waals surface area contributed by atoms with Crippen LogP contribution >= 0.6 is 11.6 Å². The van der Waals surface area contributed by atoms with Crippen molar-refractivity contribution in [2.75, 3.05) is 16.8 Å². The van der Waals surface area contributed by atoms with Gasteiger partial charge in [-0.25, -0.2) is 0 Å². The van der Waals surface area contributed by atoms with E-state index < -0.39 is 0 Å². The molecule has 1 aliphatic heterocycles. The lowest BCUT2D eigenvalue weighted by Gasteiger charge is -2.33. The van der Waals surface area contributed by atoms with Crippen LogP contribution in [0.1, 0.15) is 18.4 Å². The predicted molar refractivity (Wildman–Crippen MR) is 92.8 cm³/mol. The molecule has 1 atom stereocenters. The number of hydrogen-bond acceptors (Lipinski definition) is 3. The average molecular weight is 331 g/mol. The van der Waals surface area contributed by atoms with Crippen molar-refractivity contribution in [3.8, 4) is 0 Å². The van der Waals surface area contributed by atoms with E-state index in [0.29, 0.717) is 11.6 Å². The first-order valence-electron chi connectivity index (χ1n) is 7.71. The van der Waals surface area contributed by atoms with E-state index in [4.69, 9.17) is 11.6 Å². The molecule has 1 saturated heterocycles. The summed E-state index contributed by atoms with van der Waals surface area (Å²) in [7, 11) is 0. The van der Waals surface area contributed by atoms with E-state index in [1.54, 1.807) is 11.0 Å². The Morgan fingerprint density at radius 1 is 1.22 bits per heavy atom. The van der Waals surface area contributed by atoms with Crippen molar-refractivity contribution in [2.24, 2.45) is 0 Å². The van der Waals surface area contributed by atoms with Crippen LogP contribution in [0.4, 0.5) is 11.4 Å². The minimum Gasteiger partial charge on any atom is -0.392 e. The zero-order valence-electron chi connectivity index (χ0n) is 12.7. The van der Waals surface area contributed by atoms with Gasteiger partial charge in [0.1, 0.15) is 6.04 Å². The number of hydrogen-bond donors (Lipinski definition) is 2. The second-order valence-electron chi connectivity index (χ2n) is 5.64. The highest BCUT2D eigenvalue weighted by molar-refractivity contribution is 6.33. The van der Waals surface area contributed by atoms with Crippen LogP contribution in [0.5, 0.6) is 0 Å². The third-order valence-corrected chi connectivity index (χ3v) is 4.35. The fourth-order valence-electron chi connectivity index (χ4n) is 2.88. The van der Waals surface area contributed by atoms with Crippen molar-refractivity contribution < 1.29 is 9.90 Å². The Kier molecular flexibility index (Phi) is 4.84. The zero-order chi connectivity index (χ0) is 16.2. The number of nitrogens with zero attached hydrogens (tertiary/aromatic N) is 1. The van der Waals surface area contributed by atoms with Gasteiger partial charge in [-0.1, -0.05) is 35.9 Å². The van der Waals surface area contributed by atoms with Gasteiger partial charge in [-0.2, -0.15) is 0 Å².